The smallest absolute Gasteiger partial charge is 0.0804 e. The maximum Gasteiger partial charge on any atom is 0.0804 e. The van der Waals surface area contributed by atoms with E-state index < -0.39 is 0 Å². The van der Waals surface area contributed by atoms with Crippen molar-refractivity contribution in [1.82, 2.24) is 9.80 Å². The van der Waals surface area contributed by atoms with E-state index in [0.717, 1.165) is 38.2 Å². The summed E-state index contributed by atoms with van der Waals surface area (Å²) in [4.78, 5) is 4.64. The van der Waals surface area contributed by atoms with Crippen molar-refractivity contribution in [3.63, 3.8) is 0 Å². The molecule has 1 unspecified atom stereocenters. The maximum atomic E-state index is 10.3. The molecule has 1 N–H and O–H groups in total. The minimum Gasteiger partial charge on any atom is -0.388 e. The third kappa shape index (κ3) is 6.04. The van der Waals surface area contributed by atoms with Gasteiger partial charge in [0.05, 0.1) is 6.10 Å². The van der Waals surface area contributed by atoms with Gasteiger partial charge in [-0.05, 0) is 64.6 Å². The highest BCUT2D eigenvalue weighted by molar-refractivity contribution is 5.27. The van der Waals surface area contributed by atoms with Crippen molar-refractivity contribution in [2.24, 2.45) is 0 Å². The first-order valence-electron chi connectivity index (χ1n) is 7.65. The van der Waals surface area contributed by atoms with Crippen LogP contribution >= 0.6 is 0 Å². The van der Waals surface area contributed by atoms with Crippen molar-refractivity contribution < 1.29 is 5.11 Å². The van der Waals surface area contributed by atoms with Gasteiger partial charge in [0.25, 0.3) is 0 Å². The van der Waals surface area contributed by atoms with Crippen LogP contribution in [-0.4, -0.2) is 55.2 Å². The van der Waals surface area contributed by atoms with Gasteiger partial charge in [-0.3, -0.25) is 0 Å². The average Bonchev–Trinajstić information content (AvgIpc) is 2.42. The summed E-state index contributed by atoms with van der Waals surface area (Å²) in [6.45, 7) is 8.49. The first-order valence-corrected chi connectivity index (χ1v) is 7.65. The number of hydrogen-bond donors (Lipinski definition) is 1. The lowest BCUT2D eigenvalue weighted by molar-refractivity contribution is 0.141. The topological polar surface area (TPSA) is 26.7 Å². The lowest BCUT2D eigenvalue weighted by Gasteiger charge is -2.23. The Labute approximate surface area is 124 Å². The normalized spacial score (nSPS) is 13.2. The van der Waals surface area contributed by atoms with Gasteiger partial charge in [0, 0.05) is 6.54 Å². The molecule has 1 atom stereocenters. The Bertz CT molecular complexity index is 379. The van der Waals surface area contributed by atoms with Gasteiger partial charge in [-0.2, -0.15) is 0 Å². The second-order valence-electron chi connectivity index (χ2n) is 5.75. The molecule has 0 aliphatic rings. The average molecular weight is 278 g/mol. The molecule has 114 valence electrons. The van der Waals surface area contributed by atoms with E-state index in [9.17, 15) is 5.11 Å². The van der Waals surface area contributed by atoms with Gasteiger partial charge >= 0.3 is 0 Å². The molecule has 0 bridgehead atoms. The number of aryl methyl sites for hydroxylation is 1. The van der Waals surface area contributed by atoms with Gasteiger partial charge in [-0.25, -0.2) is 0 Å². The summed E-state index contributed by atoms with van der Waals surface area (Å²) in [7, 11) is 4.22. The summed E-state index contributed by atoms with van der Waals surface area (Å²) >= 11 is 0. The summed E-state index contributed by atoms with van der Waals surface area (Å²) < 4.78 is 0. The molecule has 3 nitrogen and oxygen atoms in total. The van der Waals surface area contributed by atoms with E-state index in [1.807, 2.05) is 18.2 Å². The molecule has 0 saturated heterocycles. The molecule has 3 heteroatoms. The molecule has 20 heavy (non-hydrogen) atoms. The first kappa shape index (κ1) is 17.2. The van der Waals surface area contributed by atoms with Crippen molar-refractivity contribution in [3.05, 3.63) is 35.4 Å². The largest absolute Gasteiger partial charge is 0.388 e. The second kappa shape index (κ2) is 9.11. The van der Waals surface area contributed by atoms with Crippen LogP contribution in [0.25, 0.3) is 0 Å². The van der Waals surface area contributed by atoms with Gasteiger partial charge in [0.2, 0.25) is 0 Å². The number of aliphatic hydroxyl groups is 1. The Balaban J connectivity index is 2.38. The van der Waals surface area contributed by atoms with Crippen LogP contribution in [0.3, 0.4) is 0 Å². The highest BCUT2D eigenvalue weighted by Gasteiger charge is 2.11. The molecule has 1 aromatic rings. The van der Waals surface area contributed by atoms with Crippen LogP contribution in [-0.2, 0) is 0 Å². The van der Waals surface area contributed by atoms with Gasteiger partial charge in [-0.1, -0.05) is 31.2 Å². The molecular weight excluding hydrogens is 248 g/mol. The molecule has 0 aliphatic heterocycles. The molecule has 0 spiro atoms. The summed E-state index contributed by atoms with van der Waals surface area (Å²) in [6, 6.07) is 8.11. The van der Waals surface area contributed by atoms with E-state index in [-0.39, 0.29) is 6.10 Å². The van der Waals surface area contributed by atoms with Crippen molar-refractivity contribution in [1.29, 1.82) is 0 Å². The molecule has 0 fully saturated rings. The van der Waals surface area contributed by atoms with E-state index >= 15 is 0 Å². The molecule has 0 heterocycles. The predicted octanol–water partition coefficient (Wildman–Crippen LogP) is 2.69. The van der Waals surface area contributed by atoms with Crippen molar-refractivity contribution in [3.8, 4) is 0 Å². The van der Waals surface area contributed by atoms with Crippen LogP contribution in [0.1, 0.15) is 37.0 Å². The Morgan fingerprint density at radius 3 is 2.40 bits per heavy atom. The number of rotatable bonds is 9. The SMILES string of the molecule is CCN(CCCN(C)C)CCC(O)c1ccccc1C. The summed E-state index contributed by atoms with van der Waals surface area (Å²) in [5, 5.41) is 10.3. The fraction of sp³-hybridized carbons (Fsp3) is 0.647. The Morgan fingerprint density at radius 2 is 1.80 bits per heavy atom. The fourth-order valence-corrected chi connectivity index (χ4v) is 2.46. The van der Waals surface area contributed by atoms with Crippen LogP contribution < -0.4 is 0 Å². The van der Waals surface area contributed by atoms with Crippen LogP contribution in [0.4, 0.5) is 0 Å². The van der Waals surface area contributed by atoms with Crippen molar-refractivity contribution >= 4 is 0 Å². The van der Waals surface area contributed by atoms with E-state index in [1.165, 1.54) is 12.0 Å². The quantitative estimate of drug-likeness (QED) is 0.752. The predicted molar refractivity (Wildman–Crippen MR) is 86.0 cm³/mol. The minimum atomic E-state index is -0.348. The van der Waals surface area contributed by atoms with E-state index in [2.05, 4.69) is 43.8 Å². The van der Waals surface area contributed by atoms with Crippen molar-refractivity contribution in [2.45, 2.75) is 32.8 Å². The third-order valence-corrected chi connectivity index (χ3v) is 3.79. The lowest BCUT2D eigenvalue weighted by atomic mass is 10.0. The maximum absolute atomic E-state index is 10.3. The van der Waals surface area contributed by atoms with Crippen LogP contribution in [0.2, 0.25) is 0 Å². The number of benzene rings is 1. The van der Waals surface area contributed by atoms with Crippen LogP contribution in [0.5, 0.6) is 0 Å². The Hall–Kier alpha value is -0.900. The van der Waals surface area contributed by atoms with E-state index in [1.54, 1.807) is 0 Å². The second-order valence-corrected chi connectivity index (χ2v) is 5.75. The monoisotopic (exact) mass is 278 g/mol. The van der Waals surface area contributed by atoms with Crippen LogP contribution in [0, 0.1) is 6.92 Å². The highest BCUT2D eigenvalue weighted by Crippen LogP contribution is 2.20. The van der Waals surface area contributed by atoms with Gasteiger partial charge in [0.1, 0.15) is 0 Å². The molecule has 0 saturated carbocycles. The zero-order valence-corrected chi connectivity index (χ0v) is 13.5. The third-order valence-electron chi connectivity index (χ3n) is 3.79. The summed E-state index contributed by atoms with van der Waals surface area (Å²) in [5.41, 5.74) is 2.24. The molecule has 0 radical (unpaired) electrons. The molecule has 1 rings (SSSR count). The van der Waals surface area contributed by atoms with Gasteiger partial charge in [-0.15, -0.1) is 0 Å². The fourth-order valence-electron chi connectivity index (χ4n) is 2.46. The first-order chi connectivity index (χ1) is 9.54. The van der Waals surface area contributed by atoms with E-state index in [0.29, 0.717) is 0 Å². The Kier molecular flexibility index (Phi) is 7.82. The zero-order chi connectivity index (χ0) is 15.0. The molecule has 1 aromatic carbocycles. The van der Waals surface area contributed by atoms with Gasteiger partial charge < -0.3 is 14.9 Å². The minimum absolute atomic E-state index is 0.348. The summed E-state index contributed by atoms with van der Waals surface area (Å²) in [5.74, 6) is 0. The Morgan fingerprint density at radius 1 is 1.10 bits per heavy atom. The number of hydrogen-bond acceptors (Lipinski definition) is 3. The zero-order valence-electron chi connectivity index (χ0n) is 13.5. The molecule has 0 amide bonds. The summed E-state index contributed by atoms with van der Waals surface area (Å²) in [6.07, 6.45) is 1.64. The van der Waals surface area contributed by atoms with E-state index in [4.69, 9.17) is 0 Å². The van der Waals surface area contributed by atoms with Crippen LogP contribution in [0.15, 0.2) is 24.3 Å². The lowest BCUT2D eigenvalue weighted by Crippen LogP contribution is -2.29. The number of aliphatic hydroxyl groups excluding tert-OH is 1. The van der Waals surface area contributed by atoms with Crippen molar-refractivity contribution in [2.75, 3.05) is 40.3 Å². The molecule has 0 aliphatic carbocycles. The molecular formula is C17H30N2O. The number of nitrogens with zero attached hydrogens (tertiary/aromatic N) is 2. The molecule has 0 aromatic heterocycles. The van der Waals surface area contributed by atoms with Gasteiger partial charge in [0.15, 0.2) is 0 Å². The highest BCUT2D eigenvalue weighted by atomic mass is 16.3. The standard InChI is InChI=1S/C17H30N2O/c1-5-19(13-8-12-18(3)4)14-11-17(20)16-10-7-6-9-15(16)2/h6-7,9-10,17,20H,5,8,11-14H2,1-4H3.